The van der Waals surface area contributed by atoms with E-state index in [0.717, 1.165) is 25.0 Å². The molecule has 17 heavy (non-hydrogen) atoms. The van der Waals surface area contributed by atoms with Crippen LogP contribution in [0.15, 0.2) is 0 Å². The van der Waals surface area contributed by atoms with E-state index < -0.39 is 0 Å². The van der Waals surface area contributed by atoms with E-state index in [2.05, 4.69) is 17.6 Å². The summed E-state index contributed by atoms with van der Waals surface area (Å²) in [7, 11) is 0. The average molecular weight is 240 g/mol. The summed E-state index contributed by atoms with van der Waals surface area (Å²) in [5.74, 6) is 1.72. The molecule has 2 saturated heterocycles. The fourth-order valence-electron chi connectivity index (χ4n) is 3.00. The van der Waals surface area contributed by atoms with Gasteiger partial charge in [-0.3, -0.25) is 0 Å². The number of rotatable bonds is 6. The van der Waals surface area contributed by atoms with Gasteiger partial charge in [0.2, 0.25) is 0 Å². The molecule has 0 saturated carbocycles. The predicted octanol–water partition coefficient (Wildman–Crippen LogP) is 1.78. The standard InChI is InChI=1S/C14H28N2O/c1-12(14-6-10-17-11-14)16-7-2-3-13-4-8-15-9-5-13/h12-16H,2-11H2,1H3. The number of ether oxygens (including phenoxy) is 1. The Morgan fingerprint density at radius 1 is 1.29 bits per heavy atom. The zero-order valence-electron chi connectivity index (χ0n) is 11.2. The highest BCUT2D eigenvalue weighted by Crippen LogP contribution is 2.18. The quantitative estimate of drug-likeness (QED) is 0.694. The van der Waals surface area contributed by atoms with E-state index in [4.69, 9.17) is 4.74 Å². The molecular weight excluding hydrogens is 212 g/mol. The lowest BCUT2D eigenvalue weighted by Gasteiger charge is -2.23. The Morgan fingerprint density at radius 2 is 2.12 bits per heavy atom. The third kappa shape index (κ3) is 4.57. The van der Waals surface area contributed by atoms with Crippen LogP contribution in [-0.4, -0.2) is 38.9 Å². The molecule has 0 amide bonds. The summed E-state index contributed by atoms with van der Waals surface area (Å²) in [4.78, 5) is 0. The number of hydrogen-bond acceptors (Lipinski definition) is 3. The van der Waals surface area contributed by atoms with Crippen molar-refractivity contribution in [2.75, 3.05) is 32.8 Å². The normalized spacial score (nSPS) is 28.4. The van der Waals surface area contributed by atoms with E-state index >= 15 is 0 Å². The lowest BCUT2D eigenvalue weighted by atomic mass is 9.93. The Kier molecular flexibility index (Phi) is 5.75. The molecule has 0 bridgehead atoms. The van der Waals surface area contributed by atoms with Crippen molar-refractivity contribution in [1.82, 2.24) is 10.6 Å². The zero-order chi connectivity index (χ0) is 11.9. The molecular formula is C14H28N2O. The highest BCUT2D eigenvalue weighted by atomic mass is 16.5. The Labute approximate surface area is 106 Å². The third-order valence-corrected chi connectivity index (χ3v) is 4.39. The molecule has 3 heteroatoms. The predicted molar refractivity (Wildman–Crippen MR) is 71.2 cm³/mol. The highest BCUT2D eigenvalue weighted by Gasteiger charge is 2.21. The molecule has 2 N–H and O–H groups in total. The Bertz CT molecular complexity index is 198. The van der Waals surface area contributed by atoms with E-state index in [0.29, 0.717) is 6.04 Å². The molecule has 0 radical (unpaired) electrons. The molecule has 0 spiro atoms. The lowest BCUT2D eigenvalue weighted by molar-refractivity contribution is 0.178. The van der Waals surface area contributed by atoms with Gasteiger partial charge in [-0.25, -0.2) is 0 Å². The van der Waals surface area contributed by atoms with Crippen molar-refractivity contribution in [3.8, 4) is 0 Å². The minimum atomic E-state index is 0.630. The van der Waals surface area contributed by atoms with Crippen molar-refractivity contribution in [2.24, 2.45) is 11.8 Å². The first-order valence-corrected chi connectivity index (χ1v) is 7.38. The summed E-state index contributed by atoms with van der Waals surface area (Å²) >= 11 is 0. The summed E-state index contributed by atoms with van der Waals surface area (Å²) in [6, 6.07) is 0.630. The van der Waals surface area contributed by atoms with E-state index in [-0.39, 0.29) is 0 Å². The molecule has 2 fully saturated rings. The van der Waals surface area contributed by atoms with Crippen LogP contribution >= 0.6 is 0 Å². The smallest absolute Gasteiger partial charge is 0.0509 e. The maximum absolute atomic E-state index is 5.43. The second-order valence-corrected chi connectivity index (χ2v) is 5.70. The first-order chi connectivity index (χ1) is 8.36. The van der Waals surface area contributed by atoms with Gasteiger partial charge in [0.1, 0.15) is 0 Å². The van der Waals surface area contributed by atoms with Gasteiger partial charge in [-0.2, -0.15) is 0 Å². The summed E-state index contributed by atoms with van der Waals surface area (Å²) in [6.45, 7) is 7.88. The van der Waals surface area contributed by atoms with Crippen LogP contribution in [0, 0.1) is 11.8 Å². The van der Waals surface area contributed by atoms with Crippen LogP contribution in [0.4, 0.5) is 0 Å². The molecule has 2 heterocycles. The van der Waals surface area contributed by atoms with Crippen LogP contribution < -0.4 is 10.6 Å². The summed E-state index contributed by atoms with van der Waals surface area (Å²) in [5.41, 5.74) is 0. The molecule has 2 aliphatic rings. The van der Waals surface area contributed by atoms with Crippen molar-refractivity contribution in [2.45, 2.75) is 45.1 Å². The summed E-state index contributed by atoms with van der Waals surface area (Å²) in [6.07, 6.45) is 6.74. The van der Waals surface area contributed by atoms with Gasteiger partial charge in [0.25, 0.3) is 0 Å². The molecule has 3 nitrogen and oxygen atoms in total. The Morgan fingerprint density at radius 3 is 2.82 bits per heavy atom. The monoisotopic (exact) mass is 240 g/mol. The van der Waals surface area contributed by atoms with Gasteiger partial charge in [0.05, 0.1) is 6.61 Å². The van der Waals surface area contributed by atoms with Crippen LogP contribution in [0.5, 0.6) is 0 Å². The van der Waals surface area contributed by atoms with Crippen LogP contribution in [0.3, 0.4) is 0 Å². The topological polar surface area (TPSA) is 33.3 Å². The van der Waals surface area contributed by atoms with Crippen molar-refractivity contribution >= 4 is 0 Å². The van der Waals surface area contributed by atoms with E-state index in [1.54, 1.807) is 0 Å². The van der Waals surface area contributed by atoms with E-state index in [1.807, 2.05) is 0 Å². The number of nitrogens with one attached hydrogen (secondary N) is 2. The van der Waals surface area contributed by atoms with Gasteiger partial charge in [0, 0.05) is 12.6 Å². The van der Waals surface area contributed by atoms with E-state index in [9.17, 15) is 0 Å². The molecule has 2 atom stereocenters. The SMILES string of the molecule is CC(NCCCC1CCNCC1)C1CCOC1. The Hall–Kier alpha value is -0.120. The minimum absolute atomic E-state index is 0.630. The molecule has 0 aromatic heterocycles. The molecule has 0 aromatic carbocycles. The van der Waals surface area contributed by atoms with Crippen LogP contribution in [0.25, 0.3) is 0 Å². The average Bonchev–Trinajstić information content (AvgIpc) is 2.89. The van der Waals surface area contributed by atoms with Gasteiger partial charge in [0.15, 0.2) is 0 Å². The van der Waals surface area contributed by atoms with Crippen molar-refractivity contribution in [1.29, 1.82) is 0 Å². The van der Waals surface area contributed by atoms with E-state index in [1.165, 1.54) is 51.7 Å². The van der Waals surface area contributed by atoms with Gasteiger partial charge in [-0.1, -0.05) is 0 Å². The Balaban J connectivity index is 1.50. The molecule has 100 valence electrons. The molecule has 2 aliphatic heterocycles. The second-order valence-electron chi connectivity index (χ2n) is 5.70. The van der Waals surface area contributed by atoms with Crippen molar-refractivity contribution in [3.63, 3.8) is 0 Å². The largest absolute Gasteiger partial charge is 0.381 e. The fraction of sp³-hybridized carbons (Fsp3) is 1.00. The van der Waals surface area contributed by atoms with Gasteiger partial charge >= 0.3 is 0 Å². The summed E-state index contributed by atoms with van der Waals surface area (Å²) < 4.78 is 5.43. The van der Waals surface area contributed by atoms with Gasteiger partial charge in [-0.05, 0) is 70.5 Å². The van der Waals surface area contributed by atoms with Gasteiger partial charge in [-0.15, -0.1) is 0 Å². The number of hydrogen-bond donors (Lipinski definition) is 2. The highest BCUT2D eigenvalue weighted by molar-refractivity contribution is 4.76. The number of piperidine rings is 1. The molecule has 0 aromatic rings. The molecule has 2 rings (SSSR count). The maximum atomic E-state index is 5.43. The minimum Gasteiger partial charge on any atom is -0.381 e. The first kappa shape index (κ1) is 13.3. The molecule has 0 aliphatic carbocycles. The third-order valence-electron chi connectivity index (χ3n) is 4.39. The van der Waals surface area contributed by atoms with Gasteiger partial charge < -0.3 is 15.4 Å². The van der Waals surface area contributed by atoms with Crippen molar-refractivity contribution < 1.29 is 4.74 Å². The van der Waals surface area contributed by atoms with Crippen LogP contribution in [-0.2, 0) is 4.74 Å². The van der Waals surface area contributed by atoms with Crippen LogP contribution in [0.1, 0.15) is 39.0 Å². The molecule has 2 unspecified atom stereocenters. The zero-order valence-corrected chi connectivity index (χ0v) is 11.2. The maximum Gasteiger partial charge on any atom is 0.0509 e. The fourth-order valence-corrected chi connectivity index (χ4v) is 3.00. The first-order valence-electron chi connectivity index (χ1n) is 7.38. The summed E-state index contributed by atoms with van der Waals surface area (Å²) in [5, 5.41) is 7.10. The van der Waals surface area contributed by atoms with Crippen molar-refractivity contribution in [3.05, 3.63) is 0 Å². The van der Waals surface area contributed by atoms with Crippen LogP contribution in [0.2, 0.25) is 0 Å². The second kappa shape index (κ2) is 7.34. The lowest BCUT2D eigenvalue weighted by Crippen LogP contribution is -2.35.